The lowest BCUT2D eigenvalue weighted by molar-refractivity contribution is 0.285. The van der Waals surface area contributed by atoms with Gasteiger partial charge in [0.15, 0.2) is 17.3 Å². The quantitative estimate of drug-likeness (QED) is 0.103. The molecule has 4 rings (SSSR count). The summed E-state index contributed by atoms with van der Waals surface area (Å²) in [7, 11) is 1.65. The average molecular weight is 495 g/mol. The molecule has 0 aliphatic rings. The van der Waals surface area contributed by atoms with Gasteiger partial charge in [-0.15, -0.1) is 0 Å². The van der Waals surface area contributed by atoms with Crippen LogP contribution in [0.5, 0.6) is 11.5 Å². The van der Waals surface area contributed by atoms with Crippen LogP contribution < -0.4 is 14.9 Å². The number of pyridine rings is 1. The third-order valence-electron chi connectivity index (χ3n) is 5.94. The minimum absolute atomic E-state index is 0.560. The monoisotopic (exact) mass is 494 g/mol. The van der Waals surface area contributed by atoms with Crippen molar-refractivity contribution in [3.05, 3.63) is 95.7 Å². The number of aliphatic imine (C=N–C) groups is 1. The topological polar surface area (TPSA) is 68.1 Å². The number of nitrogens with zero attached hydrogens (tertiary/aromatic N) is 3. The number of hydrogen-bond acceptors (Lipinski definition) is 5. The Balaban J connectivity index is 1.53. The minimum atomic E-state index is 0.560. The Morgan fingerprint density at radius 1 is 0.919 bits per heavy atom. The summed E-state index contributed by atoms with van der Waals surface area (Å²) in [6, 6.07) is 25.8. The van der Waals surface area contributed by atoms with Gasteiger partial charge in [0.25, 0.3) is 0 Å². The van der Waals surface area contributed by atoms with Gasteiger partial charge in [-0.3, -0.25) is 5.43 Å². The lowest BCUT2D eigenvalue weighted by Crippen LogP contribution is -2.20. The maximum atomic E-state index is 5.93. The van der Waals surface area contributed by atoms with E-state index in [9.17, 15) is 0 Å². The Kier molecular flexibility index (Phi) is 9.24. The molecule has 1 aromatic heterocycles. The molecule has 0 fully saturated rings. The molecule has 0 aliphatic heterocycles. The number of hydrogen-bond donors (Lipinski definition) is 1. The number of methoxy groups -OCH3 is 1. The standard InChI is InChI=1S/C31H34N4O2/c1-4-5-6-9-20-37-29-19-14-24(21-30(29)36-3)22-32-35-31(33-26-16-12-23(2)13-17-26)28-18-15-25-10-7-8-11-27(25)34-28/h7-8,10-19,21-22H,4-6,9,20H2,1-3H3,(H,33,35). The predicted octanol–water partition coefficient (Wildman–Crippen LogP) is 7.21. The maximum absolute atomic E-state index is 5.93. The normalized spacial score (nSPS) is 11.7. The number of unbranched alkanes of at least 4 members (excludes halogenated alkanes) is 3. The second-order valence-corrected chi connectivity index (χ2v) is 8.87. The van der Waals surface area contributed by atoms with Crippen molar-refractivity contribution in [1.29, 1.82) is 0 Å². The molecule has 0 amide bonds. The molecule has 37 heavy (non-hydrogen) atoms. The van der Waals surface area contributed by atoms with Crippen molar-refractivity contribution >= 4 is 28.6 Å². The number of amidine groups is 1. The molecule has 0 saturated heterocycles. The van der Waals surface area contributed by atoms with E-state index in [1.807, 2.05) is 78.9 Å². The number of aryl methyl sites for hydroxylation is 1. The van der Waals surface area contributed by atoms with Gasteiger partial charge in [0.1, 0.15) is 5.69 Å². The number of aromatic nitrogens is 1. The van der Waals surface area contributed by atoms with Gasteiger partial charge in [-0.2, -0.15) is 5.10 Å². The van der Waals surface area contributed by atoms with Gasteiger partial charge < -0.3 is 9.47 Å². The van der Waals surface area contributed by atoms with Crippen molar-refractivity contribution in [3.8, 4) is 11.5 Å². The summed E-state index contributed by atoms with van der Waals surface area (Å²) in [6.07, 6.45) is 6.38. The molecule has 0 unspecified atom stereocenters. The van der Waals surface area contributed by atoms with Crippen molar-refractivity contribution in [2.75, 3.05) is 13.7 Å². The lowest BCUT2D eigenvalue weighted by Gasteiger charge is -2.11. The number of para-hydroxylation sites is 1. The fourth-order valence-electron chi connectivity index (χ4n) is 3.85. The highest BCUT2D eigenvalue weighted by atomic mass is 16.5. The summed E-state index contributed by atoms with van der Waals surface area (Å²) in [5, 5.41) is 5.54. The van der Waals surface area contributed by atoms with Crippen LogP contribution in [0, 0.1) is 6.92 Å². The van der Waals surface area contributed by atoms with Gasteiger partial charge in [0.05, 0.1) is 31.1 Å². The van der Waals surface area contributed by atoms with Crippen LogP contribution in [-0.2, 0) is 0 Å². The second kappa shape index (κ2) is 13.2. The van der Waals surface area contributed by atoms with E-state index in [4.69, 9.17) is 19.5 Å². The molecule has 1 N–H and O–H groups in total. The van der Waals surface area contributed by atoms with Crippen LogP contribution in [0.4, 0.5) is 5.69 Å². The number of ether oxygens (including phenoxy) is 2. The number of hydrazone groups is 1. The molecular formula is C31H34N4O2. The summed E-state index contributed by atoms with van der Waals surface area (Å²) in [5.74, 6) is 1.99. The van der Waals surface area contributed by atoms with E-state index in [1.54, 1.807) is 13.3 Å². The highest BCUT2D eigenvalue weighted by Crippen LogP contribution is 2.28. The zero-order chi connectivity index (χ0) is 25.9. The number of benzene rings is 3. The fourth-order valence-corrected chi connectivity index (χ4v) is 3.85. The highest BCUT2D eigenvalue weighted by molar-refractivity contribution is 6.00. The van der Waals surface area contributed by atoms with Crippen LogP contribution >= 0.6 is 0 Å². The Hall–Kier alpha value is -4.19. The van der Waals surface area contributed by atoms with Crippen molar-refractivity contribution in [1.82, 2.24) is 10.4 Å². The van der Waals surface area contributed by atoms with Gasteiger partial charge in [-0.25, -0.2) is 9.98 Å². The third-order valence-corrected chi connectivity index (χ3v) is 5.94. The minimum Gasteiger partial charge on any atom is -0.493 e. The van der Waals surface area contributed by atoms with Gasteiger partial charge in [0.2, 0.25) is 0 Å². The Morgan fingerprint density at radius 3 is 2.57 bits per heavy atom. The molecule has 0 bridgehead atoms. The average Bonchev–Trinajstić information content (AvgIpc) is 2.93. The molecule has 0 radical (unpaired) electrons. The summed E-state index contributed by atoms with van der Waals surface area (Å²) in [6.45, 7) is 4.94. The van der Waals surface area contributed by atoms with Crippen molar-refractivity contribution in [2.45, 2.75) is 39.5 Å². The van der Waals surface area contributed by atoms with Crippen molar-refractivity contribution in [3.63, 3.8) is 0 Å². The largest absolute Gasteiger partial charge is 0.493 e. The SMILES string of the molecule is CCCCCCOc1ccc(C=NNC(=Nc2ccc(C)cc2)c2ccc3ccccc3n2)cc1OC. The van der Waals surface area contributed by atoms with E-state index >= 15 is 0 Å². The summed E-state index contributed by atoms with van der Waals surface area (Å²) in [5.41, 5.74) is 7.59. The van der Waals surface area contributed by atoms with Crippen LogP contribution in [0.1, 0.15) is 49.4 Å². The Morgan fingerprint density at radius 2 is 1.76 bits per heavy atom. The summed E-state index contributed by atoms with van der Waals surface area (Å²) in [4.78, 5) is 9.59. The molecule has 0 aliphatic carbocycles. The van der Waals surface area contributed by atoms with Crippen LogP contribution in [-0.4, -0.2) is 30.8 Å². The summed E-state index contributed by atoms with van der Waals surface area (Å²) < 4.78 is 11.5. The number of rotatable bonds is 11. The molecule has 6 nitrogen and oxygen atoms in total. The number of fused-ring (bicyclic) bond motifs is 1. The molecule has 0 spiro atoms. The smallest absolute Gasteiger partial charge is 0.173 e. The van der Waals surface area contributed by atoms with E-state index in [0.717, 1.165) is 34.3 Å². The first-order valence-electron chi connectivity index (χ1n) is 12.8. The molecule has 1 heterocycles. The third kappa shape index (κ3) is 7.40. The van der Waals surface area contributed by atoms with Gasteiger partial charge in [-0.05, 0) is 61.4 Å². The first-order valence-corrected chi connectivity index (χ1v) is 12.8. The predicted molar refractivity (Wildman–Crippen MR) is 152 cm³/mol. The first-order chi connectivity index (χ1) is 18.2. The van der Waals surface area contributed by atoms with Gasteiger partial charge in [-0.1, -0.05) is 68.1 Å². The molecule has 4 aromatic rings. The molecule has 0 saturated carbocycles. The molecule has 190 valence electrons. The van der Waals surface area contributed by atoms with E-state index in [0.29, 0.717) is 23.9 Å². The Labute approximate surface area is 219 Å². The fraction of sp³-hybridized carbons (Fsp3) is 0.258. The lowest BCUT2D eigenvalue weighted by atomic mass is 10.2. The Bertz CT molecular complexity index is 1360. The zero-order valence-corrected chi connectivity index (χ0v) is 21.8. The van der Waals surface area contributed by atoms with Gasteiger partial charge in [0, 0.05) is 5.39 Å². The van der Waals surface area contributed by atoms with E-state index in [2.05, 4.69) is 24.4 Å². The maximum Gasteiger partial charge on any atom is 0.173 e. The van der Waals surface area contributed by atoms with Gasteiger partial charge >= 0.3 is 0 Å². The van der Waals surface area contributed by atoms with Crippen molar-refractivity contribution < 1.29 is 9.47 Å². The molecule has 3 aromatic carbocycles. The van der Waals surface area contributed by atoms with E-state index in [-0.39, 0.29) is 0 Å². The molecular weight excluding hydrogens is 460 g/mol. The second-order valence-electron chi connectivity index (χ2n) is 8.87. The van der Waals surface area contributed by atoms with E-state index in [1.165, 1.54) is 24.8 Å². The highest BCUT2D eigenvalue weighted by Gasteiger charge is 2.08. The van der Waals surface area contributed by atoms with Crippen LogP contribution in [0.15, 0.2) is 89.0 Å². The van der Waals surface area contributed by atoms with Crippen LogP contribution in [0.3, 0.4) is 0 Å². The molecule has 6 heteroatoms. The first kappa shape index (κ1) is 25.9. The van der Waals surface area contributed by atoms with Crippen molar-refractivity contribution in [2.24, 2.45) is 10.1 Å². The van der Waals surface area contributed by atoms with E-state index < -0.39 is 0 Å². The zero-order valence-electron chi connectivity index (χ0n) is 21.8. The van der Waals surface area contributed by atoms with Crippen LogP contribution in [0.25, 0.3) is 10.9 Å². The number of nitrogens with one attached hydrogen (secondary N) is 1. The molecule has 0 atom stereocenters. The summed E-state index contributed by atoms with van der Waals surface area (Å²) >= 11 is 0. The van der Waals surface area contributed by atoms with Crippen LogP contribution in [0.2, 0.25) is 0 Å².